The molecule has 0 aliphatic rings. The first kappa shape index (κ1) is 39.0. The molecule has 0 aliphatic carbocycles. The van der Waals surface area contributed by atoms with Crippen LogP contribution >= 0.6 is 22.7 Å². The lowest BCUT2D eigenvalue weighted by molar-refractivity contribution is 1.10. The van der Waals surface area contributed by atoms with Crippen LogP contribution in [0.3, 0.4) is 0 Å². The Bertz CT molecular complexity index is 4560. The van der Waals surface area contributed by atoms with Gasteiger partial charge in [0.05, 0.1) is 61.0 Å². The van der Waals surface area contributed by atoms with E-state index in [0.29, 0.717) is 22.4 Å². The van der Waals surface area contributed by atoms with Crippen LogP contribution in [0.4, 0.5) is 5.69 Å². The minimum Gasteiger partial charge on any atom is -0.306 e. The van der Waals surface area contributed by atoms with E-state index in [9.17, 15) is 11.8 Å². The quantitative estimate of drug-likeness (QED) is 0.162. The van der Waals surface area contributed by atoms with Gasteiger partial charge >= 0.3 is 0 Å². The molecule has 4 nitrogen and oxygen atoms in total. The number of aromatic nitrogens is 2. The highest BCUT2D eigenvalue weighted by atomic mass is 32.1. The average molecular weight is 923 g/mol. The van der Waals surface area contributed by atoms with Crippen LogP contribution < -0.4 is 0 Å². The number of nitriles is 1. The third-order valence-corrected chi connectivity index (χ3v) is 16.9. The molecule has 6 heteroatoms. The van der Waals surface area contributed by atoms with E-state index >= 15 is 0 Å². The molecule has 70 heavy (non-hydrogen) atoms. The molecule has 0 saturated heterocycles. The molecular formula is C64H34N4S2. The van der Waals surface area contributed by atoms with Crippen molar-refractivity contribution in [3.05, 3.63) is 223 Å². The molecule has 0 saturated carbocycles. The number of rotatable bonds is 4. The Morgan fingerprint density at radius 1 is 0.400 bits per heavy atom. The first-order chi connectivity index (χ1) is 34.7. The Hall–Kier alpha value is -9.04. The lowest BCUT2D eigenvalue weighted by Gasteiger charge is -2.27. The molecule has 0 spiro atoms. The monoisotopic (exact) mass is 922 g/mol. The molecule has 4 aromatic heterocycles. The van der Waals surface area contributed by atoms with Crippen LogP contribution in [0.5, 0.6) is 0 Å². The highest BCUT2D eigenvalue weighted by Crippen LogP contribution is 2.55. The Morgan fingerprint density at radius 2 is 0.814 bits per heavy atom. The first-order valence-electron chi connectivity index (χ1n) is 23.3. The molecule has 0 atom stereocenters. The fourth-order valence-corrected chi connectivity index (χ4v) is 14.0. The summed E-state index contributed by atoms with van der Waals surface area (Å²) >= 11 is 3.62. The Balaban J connectivity index is 1.27. The van der Waals surface area contributed by atoms with Crippen molar-refractivity contribution in [3.63, 3.8) is 0 Å². The molecule has 0 N–H and O–H groups in total. The number of hydrogen-bond donors (Lipinski definition) is 0. The van der Waals surface area contributed by atoms with E-state index in [2.05, 4.69) is 226 Å². The van der Waals surface area contributed by atoms with Crippen LogP contribution in [0.1, 0.15) is 5.56 Å². The Morgan fingerprint density at radius 3 is 1.31 bits per heavy atom. The van der Waals surface area contributed by atoms with Crippen LogP contribution in [0.2, 0.25) is 0 Å². The van der Waals surface area contributed by atoms with Gasteiger partial charge in [-0.3, -0.25) is 0 Å². The number of fused-ring (bicyclic) bond motifs is 16. The van der Waals surface area contributed by atoms with Crippen LogP contribution in [-0.4, -0.2) is 9.13 Å². The molecule has 0 radical (unpaired) electrons. The topological polar surface area (TPSA) is 38.0 Å². The van der Waals surface area contributed by atoms with Crippen molar-refractivity contribution in [2.24, 2.45) is 0 Å². The summed E-state index contributed by atoms with van der Waals surface area (Å²) in [5.74, 6) is 0. The van der Waals surface area contributed by atoms with Crippen molar-refractivity contribution < 1.29 is 0 Å². The van der Waals surface area contributed by atoms with Gasteiger partial charge in [-0.1, -0.05) is 170 Å². The fraction of sp³-hybridized carbons (Fsp3) is 0. The van der Waals surface area contributed by atoms with Gasteiger partial charge in [0, 0.05) is 63.6 Å². The standard InChI is InChI=1S/C64H34N4S2/c1-66-58-51(36-65)56(41-28-26-37-14-2-4-16-39(37)34-41)61(67-52-22-10-6-18-43(52)47-30-32-49-45-20-8-12-24-54(45)69-63(49)59(47)67)62(57(58)42-29-27-38-15-3-5-17-40(38)35-42)68-53-23-11-7-19-44(53)48-31-33-50-46-21-9-13-25-55(46)70-64(50)60(48)68/h2-35H. The zero-order valence-corrected chi connectivity index (χ0v) is 38.9. The van der Waals surface area contributed by atoms with Crippen molar-refractivity contribution in [1.82, 2.24) is 9.13 Å². The maximum Gasteiger partial charge on any atom is 0.215 e. The van der Waals surface area contributed by atoms with Crippen LogP contribution in [0.25, 0.3) is 144 Å². The molecule has 15 rings (SSSR count). The summed E-state index contributed by atoms with van der Waals surface area (Å²) in [4.78, 5) is 4.51. The number of benzene rings is 11. The van der Waals surface area contributed by atoms with E-state index in [1.54, 1.807) is 0 Å². The smallest absolute Gasteiger partial charge is 0.215 e. The van der Waals surface area contributed by atoms with Crippen LogP contribution in [0.15, 0.2) is 206 Å². The molecular weight excluding hydrogens is 889 g/mol. The minimum absolute atomic E-state index is 0.321. The highest BCUT2D eigenvalue weighted by Gasteiger charge is 2.33. The molecule has 0 amide bonds. The summed E-state index contributed by atoms with van der Waals surface area (Å²) in [5, 5.41) is 25.5. The molecule has 0 unspecified atom stereocenters. The van der Waals surface area contributed by atoms with Gasteiger partial charge in [0.15, 0.2) is 0 Å². The predicted octanol–water partition coefficient (Wildman–Crippen LogP) is 18.7. The summed E-state index contributed by atoms with van der Waals surface area (Å²) in [7, 11) is 0. The zero-order valence-electron chi connectivity index (χ0n) is 37.2. The normalized spacial score (nSPS) is 12.0. The van der Waals surface area contributed by atoms with Gasteiger partial charge in [-0.25, -0.2) is 4.85 Å². The molecule has 4 heterocycles. The number of nitrogens with zero attached hydrogens (tertiary/aromatic N) is 4. The van der Waals surface area contributed by atoms with Gasteiger partial charge in [0.25, 0.3) is 0 Å². The summed E-state index contributed by atoms with van der Waals surface area (Å²) in [6, 6.07) is 76.5. The lowest BCUT2D eigenvalue weighted by atomic mass is 9.87. The largest absolute Gasteiger partial charge is 0.306 e. The van der Waals surface area contributed by atoms with Gasteiger partial charge in [-0.05, 0) is 69.1 Å². The highest BCUT2D eigenvalue weighted by molar-refractivity contribution is 7.27. The van der Waals surface area contributed by atoms with Gasteiger partial charge in [-0.2, -0.15) is 5.26 Å². The molecule has 15 aromatic rings. The minimum atomic E-state index is 0.321. The van der Waals surface area contributed by atoms with Crippen molar-refractivity contribution in [1.29, 1.82) is 5.26 Å². The maximum atomic E-state index is 11.9. The number of thiophene rings is 2. The lowest BCUT2D eigenvalue weighted by Crippen LogP contribution is -2.10. The zero-order chi connectivity index (χ0) is 46.2. The van der Waals surface area contributed by atoms with E-state index < -0.39 is 0 Å². The number of para-hydroxylation sites is 2. The Kier molecular flexibility index (Phi) is 8.21. The van der Waals surface area contributed by atoms with E-state index in [1.165, 1.54) is 40.3 Å². The third-order valence-electron chi connectivity index (χ3n) is 14.5. The SMILES string of the molecule is [C-]#[N+]c1c(C#N)c(-c2ccc3ccccc3c2)c(-n2c3ccccc3c3ccc4c5ccccc5sc4c32)c(-n2c3ccccc3c3ccc4c5ccccc5sc4c32)c1-c1ccc2ccccc2c1. The van der Waals surface area contributed by atoms with Crippen LogP contribution in [-0.2, 0) is 0 Å². The van der Waals surface area contributed by atoms with Gasteiger partial charge in [0.2, 0.25) is 5.69 Å². The van der Waals surface area contributed by atoms with E-state index in [4.69, 9.17) is 0 Å². The Labute approximate surface area is 408 Å². The van der Waals surface area contributed by atoms with Crippen molar-refractivity contribution in [2.75, 3.05) is 0 Å². The number of hydrogen-bond acceptors (Lipinski definition) is 3. The summed E-state index contributed by atoms with van der Waals surface area (Å²) in [6.07, 6.45) is 0. The van der Waals surface area contributed by atoms with E-state index in [-0.39, 0.29) is 0 Å². The second-order valence-corrected chi connectivity index (χ2v) is 20.2. The fourth-order valence-electron chi connectivity index (χ4n) is 11.5. The molecule has 0 aliphatic heterocycles. The molecule has 322 valence electrons. The summed E-state index contributed by atoms with van der Waals surface area (Å²) in [6.45, 7) is 9.32. The van der Waals surface area contributed by atoms with E-state index in [0.717, 1.165) is 87.7 Å². The van der Waals surface area contributed by atoms with Crippen molar-refractivity contribution in [3.8, 4) is 39.7 Å². The van der Waals surface area contributed by atoms with E-state index in [1.807, 2.05) is 22.7 Å². The maximum absolute atomic E-state index is 11.9. The van der Waals surface area contributed by atoms with Crippen molar-refractivity contribution in [2.45, 2.75) is 0 Å². The molecule has 11 aromatic carbocycles. The van der Waals surface area contributed by atoms with Gasteiger partial charge in [0.1, 0.15) is 0 Å². The summed E-state index contributed by atoms with van der Waals surface area (Å²) < 4.78 is 9.69. The predicted molar refractivity (Wildman–Crippen MR) is 298 cm³/mol. The third kappa shape index (κ3) is 5.32. The second-order valence-electron chi connectivity index (χ2n) is 18.1. The average Bonchev–Trinajstić information content (AvgIpc) is 4.18. The van der Waals surface area contributed by atoms with Crippen molar-refractivity contribution >= 4 is 134 Å². The second kappa shape index (κ2) is 14.7. The van der Waals surface area contributed by atoms with Gasteiger partial charge in [-0.15, -0.1) is 22.7 Å². The summed E-state index contributed by atoms with van der Waals surface area (Å²) in [5.41, 5.74) is 9.69. The molecule has 0 bridgehead atoms. The van der Waals surface area contributed by atoms with Crippen LogP contribution in [0, 0.1) is 17.9 Å². The molecule has 0 fully saturated rings. The van der Waals surface area contributed by atoms with Gasteiger partial charge < -0.3 is 9.13 Å². The first-order valence-corrected chi connectivity index (χ1v) is 25.0.